The number of carbonyl (C=O) groups is 3. The molecule has 0 spiro atoms. The molecule has 4 heterocycles. The molecule has 0 aliphatic carbocycles. The summed E-state index contributed by atoms with van der Waals surface area (Å²) in [6, 6.07) is 11.2. The average Bonchev–Trinajstić information content (AvgIpc) is 3.25. The zero-order valence-electron chi connectivity index (χ0n) is 26.9. The first-order valence-electron chi connectivity index (χ1n) is 16.7. The molecule has 2 aromatic rings. The molecule has 2 aromatic carbocycles. The largest absolute Gasteiger partial charge is 0.505 e. The number of para-hydroxylation sites is 1. The lowest BCUT2D eigenvalue weighted by molar-refractivity contribution is -0.142. The molecular weight excluding hydrogens is 643 g/mol. The van der Waals surface area contributed by atoms with Gasteiger partial charge in [-0.1, -0.05) is 41.4 Å². The normalized spacial score (nSPS) is 21.2. The monoisotopic (exact) mass is 686 g/mol. The van der Waals surface area contributed by atoms with Gasteiger partial charge in [-0.2, -0.15) is 0 Å². The van der Waals surface area contributed by atoms with Gasteiger partial charge in [0.2, 0.25) is 0 Å². The van der Waals surface area contributed by atoms with Gasteiger partial charge in [-0.3, -0.25) is 9.69 Å². The minimum atomic E-state index is -1.08. The first kappa shape index (κ1) is 33.6. The molecule has 0 radical (unpaired) electrons. The number of halogens is 2. The van der Waals surface area contributed by atoms with E-state index in [1.807, 2.05) is 29.2 Å². The second kappa shape index (κ2) is 14.9. The molecule has 1 unspecified atom stereocenters. The highest BCUT2D eigenvalue weighted by Crippen LogP contribution is 2.34. The molecule has 4 aliphatic heterocycles. The first-order chi connectivity index (χ1) is 22.7. The number of nitrogens with one attached hydrogen (secondary N) is 1. The molecule has 6 rings (SSSR count). The summed E-state index contributed by atoms with van der Waals surface area (Å²) in [5.41, 5.74) is 2.54. The van der Waals surface area contributed by atoms with Crippen molar-refractivity contribution in [2.45, 2.75) is 56.7 Å². The van der Waals surface area contributed by atoms with Crippen LogP contribution < -0.4 is 5.32 Å². The fraction of sp³-hybridized carbons (Fsp3) is 0.559. The Morgan fingerprint density at radius 2 is 1.51 bits per heavy atom. The number of benzene rings is 2. The van der Waals surface area contributed by atoms with Crippen LogP contribution in [0, 0.1) is 0 Å². The van der Waals surface area contributed by atoms with Gasteiger partial charge in [-0.25, -0.2) is 9.59 Å². The molecule has 1 atom stereocenters. The van der Waals surface area contributed by atoms with Crippen molar-refractivity contribution in [3.8, 4) is 5.75 Å². The van der Waals surface area contributed by atoms with Crippen LogP contribution in [0.3, 0.4) is 0 Å². The zero-order valence-corrected chi connectivity index (χ0v) is 28.4. The van der Waals surface area contributed by atoms with Gasteiger partial charge in [0.05, 0.1) is 10.0 Å². The highest BCUT2D eigenvalue weighted by molar-refractivity contribution is 6.37. The molecule has 0 aromatic heterocycles. The molecule has 4 aliphatic rings. The number of aromatic hydroxyl groups is 1. The third-order valence-corrected chi connectivity index (χ3v) is 10.7. The van der Waals surface area contributed by atoms with Gasteiger partial charge in [0.1, 0.15) is 0 Å². The van der Waals surface area contributed by atoms with Crippen LogP contribution in [0.4, 0.5) is 15.3 Å². The van der Waals surface area contributed by atoms with Gasteiger partial charge in [0, 0.05) is 83.1 Å². The summed E-state index contributed by atoms with van der Waals surface area (Å²) in [5, 5.41) is 13.2. The quantitative estimate of drug-likeness (QED) is 0.460. The van der Waals surface area contributed by atoms with E-state index in [4.69, 9.17) is 27.9 Å². The number of carbonyl (C=O) groups excluding carboxylic acids is 3. The van der Waals surface area contributed by atoms with E-state index in [9.17, 15) is 19.5 Å². The van der Waals surface area contributed by atoms with Gasteiger partial charge in [-0.15, -0.1) is 0 Å². The Kier molecular flexibility index (Phi) is 10.7. The summed E-state index contributed by atoms with van der Waals surface area (Å²) >= 11 is 12.4. The predicted molar refractivity (Wildman–Crippen MR) is 181 cm³/mol. The molecule has 3 fully saturated rings. The van der Waals surface area contributed by atoms with Crippen LogP contribution >= 0.6 is 23.2 Å². The number of hydrogen-bond donors (Lipinski definition) is 2. The molecule has 11 nitrogen and oxygen atoms in total. The molecule has 0 saturated carbocycles. The van der Waals surface area contributed by atoms with Crippen molar-refractivity contribution in [2.75, 3.05) is 71.3 Å². The maximum Gasteiger partial charge on any atom is 0.410 e. The number of fused-ring (bicyclic) bond motifs is 1. The van der Waals surface area contributed by atoms with Crippen molar-refractivity contribution in [1.29, 1.82) is 0 Å². The smallest absolute Gasteiger partial charge is 0.410 e. The van der Waals surface area contributed by atoms with Gasteiger partial charge < -0.3 is 34.8 Å². The van der Waals surface area contributed by atoms with Crippen molar-refractivity contribution in [1.82, 2.24) is 24.5 Å². The number of hydrogen-bond acceptors (Lipinski definition) is 7. The Balaban J connectivity index is 1.08. The van der Waals surface area contributed by atoms with Crippen LogP contribution in [0.5, 0.6) is 5.75 Å². The number of piperazine rings is 1. The van der Waals surface area contributed by atoms with Crippen LogP contribution in [0.1, 0.15) is 36.8 Å². The van der Waals surface area contributed by atoms with Crippen LogP contribution in [0.2, 0.25) is 10.0 Å². The van der Waals surface area contributed by atoms with Gasteiger partial charge in [0.25, 0.3) is 5.91 Å². The molecule has 3 saturated heterocycles. The lowest BCUT2D eigenvalue weighted by Crippen LogP contribution is -2.54. The summed E-state index contributed by atoms with van der Waals surface area (Å²) in [6.07, 6.45) is 2.17. The molecule has 254 valence electrons. The molecule has 13 heteroatoms. The van der Waals surface area contributed by atoms with Gasteiger partial charge in [0.15, 0.2) is 11.9 Å². The number of urea groups is 1. The van der Waals surface area contributed by atoms with Crippen LogP contribution in [-0.2, 0) is 22.4 Å². The van der Waals surface area contributed by atoms with Crippen molar-refractivity contribution < 1.29 is 24.2 Å². The summed E-state index contributed by atoms with van der Waals surface area (Å²) in [4.78, 5) is 50.7. The average molecular weight is 688 g/mol. The van der Waals surface area contributed by atoms with E-state index in [0.717, 1.165) is 56.7 Å². The standard InChI is InChI=1S/C34H44Cl2N6O5/c1-38-16-18-39(19-17-38)25-7-11-40(12-8-25)32(44)30(22-23-20-27(35)31(43)28(36)21-23)47-34(46)41-13-9-26(10-14-41)42-15-6-24-4-2-3-5-29(24)37-33(42)45/h2-5,20-21,25-26,30,43H,6-19,22H2,1H3,(H,37,45). The number of phenols is 1. The highest BCUT2D eigenvalue weighted by Gasteiger charge is 2.36. The Labute approximate surface area is 286 Å². The fourth-order valence-corrected chi connectivity index (χ4v) is 7.80. The van der Waals surface area contributed by atoms with Crippen LogP contribution in [0.15, 0.2) is 36.4 Å². The van der Waals surface area contributed by atoms with Crippen molar-refractivity contribution in [3.05, 3.63) is 57.6 Å². The number of ether oxygens (including phenoxy) is 1. The number of anilines is 1. The van der Waals surface area contributed by atoms with Crippen molar-refractivity contribution in [2.24, 2.45) is 0 Å². The Bertz CT molecular complexity index is 1430. The van der Waals surface area contributed by atoms with Gasteiger partial charge in [-0.05, 0) is 68.5 Å². The predicted octanol–water partition coefficient (Wildman–Crippen LogP) is 4.54. The molecule has 4 amide bonds. The van der Waals surface area contributed by atoms with E-state index in [-0.39, 0.29) is 40.2 Å². The summed E-state index contributed by atoms with van der Waals surface area (Å²) in [7, 11) is 2.14. The number of rotatable bonds is 6. The number of nitrogens with zero attached hydrogens (tertiary/aromatic N) is 5. The lowest BCUT2D eigenvalue weighted by Gasteiger charge is -2.42. The molecule has 0 bridgehead atoms. The van der Waals surface area contributed by atoms with E-state index in [1.165, 1.54) is 0 Å². The number of likely N-dealkylation sites (N-methyl/N-ethyl adjacent to an activating group) is 1. The van der Waals surface area contributed by atoms with E-state index >= 15 is 0 Å². The summed E-state index contributed by atoms with van der Waals surface area (Å²) < 4.78 is 5.98. The second-order valence-corrected chi connectivity index (χ2v) is 13.9. The Morgan fingerprint density at radius 1 is 0.894 bits per heavy atom. The van der Waals surface area contributed by atoms with Gasteiger partial charge >= 0.3 is 12.1 Å². The lowest BCUT2D eigenvalue weighted by atomic mass is 10.0. The maximum atomic E-state index is 13.9. The summed E-state index contributed by atoms with van der Waals surface area (Å²) in [6.45, 7) is 6.77. The number of amides is 4. The van der Waals surface area contributed by atoms with E-state index in [1.54, 1.807) is 21.9 Å². The number of likely N-dealkylation sites (tertiary alicyclic amines) is 2. The van der Waals surface area contributed by atoms with Crippen LogP contribution in [-0.4, -0.2) is 132 Å². The molecular formula is C34H44Cl2N6O5. The Morgan fingerprint density at radius 3 is 2.19 bits per heavy atom. The summed E-state index contributed by atoms with van der Waals surface area (Å²) in [5.74, 6) is -0.473. The topological polar surface area (TPSA) is 109 Å². The minimum Gasteiger partial charge on any atom is -0.505 e. The second-order valence-electron chi connectivity index (χ2n) is 13.1. The third kappa shape index (κ3) is 7.91. The number of phenolic OH excluding ortho intramolecular Hbond substituents is 1. The van der Waals surface area contributed by atoms with Crippen LogP contribution in [0.25, 0.3) is 0 Å². The SMILES string of the molecule is CN1CCN(C2CCN(C(=O)C(Cc3cc(Cl)c(O)c(Cl)c3)OC(=O)N3CCC(N4CCc5ccccc5NC4=O)CC3)CC2)CC1. The van der Waals surface area contributed by atoms with E-state index < -0.39 is 12.2 Å². The molecule has 2 N–H and O–H groups in total. The van der Waals surface area contributed by atoms with E-state index in [2.05, 4.69) is 22.2 Å². The Hall–Kier alpha value is -3.25. The van der Waals surface area contributed by atoms with E-state index in [0.29, 0.717) is 57.2 Å². The molecule has 47 heavy (non-hydrogen) atoms. The van der Waals surface area contributed by atoms with Crippen molar-refractivity contribution in [3.63, 3.8) is 0 Å². The van der Waals surface area contributed by atoms with Crippen molar-refractivity contribution >= 4 is 46.9 Å². The third-order valence-electron chi connectivity index (χ3n) is 10.2. The number of piperidine rings is 2. The highest BCUT2D eigenvalue weighted by atomic mass is 35.5. The first-order valence-corrected chi connectivity index (χ1v) is 17.4. The minimum absolute atomic E-state index is 0.00586. The fourth-order valence-electron chi connectivity index (χ4n) is 7.27. The maximum absolute atomic E-state index is 13.9. The zero-order chi connectivity index (χ0) is 33.1.